The number of anilines is 2. The Morgan fingerprint density at radius 3 is 2.61 bits per heavy atom. The molecule has 3 rings (SSSR count). The molecule has 0 saturated carbocycles. The lowest BCUT2D eigenvalue weighted by atomic mass is 10.3. The van der Waals surface area contributed by atoms with Gasteiger partial charge >= 0.3 is 0 Å². The first-order chi connectivity index (χ1) is 13.4. The Kier molecular flexibility index (Phi) is 6.37. The summed E-state index contributed by atoms with van der Waals surface area (Å²) in [6.07, 6.45) is 0.00598. The molecule has 8 nitrogen and oxygen atoms in total. The monoisotopic (exact) mass is 420 g/mol. The van der Waals surface area contributed by atoms with Crippen LogP contribution in [0.25, 0.3) is 0 Å². The topological polar surface area (TPSA) is 102 Å². The number of hydrogen-bond acceptors (Lipinski definition) is 7. The third-order valence-corrected chi connectivity index (χ3v) is 5.47. The number of nitrogens with zero attached hydrogens (tertiary/aromatic N) is 4. The molecule has 0 aliphatic rings. The molecular formula is C17H17FN6O2S2. The molecule has 0 aliphatic heterocycles. The molecule has 2 aromatic heterocycles. The van der Waals surface area contributed by atoms with Gasteiger partial charge in [-0.25, -0.2) is 9.37 Å². The van der Waals surface area contributed by atoms with Gasteiger partial charge in [-0.3, -0.25) is 9.59 Å². The van der Waals surface area contributed by atoms with Crippen LogP contribution in [0.2, 0.25) is 0 Å². The van der Waals surface area contributed by atoms with E-state index in [0.29, 0.717) is 21.8 Å². The Bertz CT molecular complexity index is 986. The van der Waals surface area contributed by atoms with Crippen LogP contribution in [0.4, 0.5) is 15.2 Å². The van der Waals surface area contributed by atoms with E-state index in [1.54, 1.807) is 11.6 Å². The normalized spacial score (nSPS) is 10.7. The van der Waals surface area contributed by atoms with Crippen molar-refractivity contribution >= 4 is 45.7 Å². The molecule has 28 heavy (non-hydrogen) atoms. The second-order valence-electron chi connectivity index (χ2n) is 5.82. The molecule has 11 heteroatoms. The maximum atomic E-state index is 12.9. The number of aryl methyl sites for hydroxylation is 1. The fourth-order valence-electron chi connectivity index (χ4n) is 2.20. The predicted molar refractivity (Wildman–Crippen MR) is 106 cm³/mol. The van der Waals surface area contributed by atoms with Gasteiger partial charge in [0, 0.05) is 18.1 Å². The Balaban J connectivity index is 1.52. The number of aromatic nitrogens is 4. The number of amides is 2. The second-order valence-corrected chi connectivity index (χ2v) is 7.62. The maximum absolute atomic E-state index is 12.9. The van der Waals surface area contributed by atoms with Gasteiger partial charge in [-0.1, -0.05) is 11.8 Å². The van der Waals surface area contributed by atoms with Crippen LogP contribution in [0.3, 0.4) is 0 Å². The van der Waals surface area contributed by atoms with E-state index < -0.39 is 0 Å². The van der Waals surface area contributed by atoms with E-state index in [1.807, 2.05) is 12.3 Å². The zero-order valence-corrected chi connectivity index (χ0v) is 16.7. The van der Waals surface area contributed by atoms with Gasteiger partial charge in [0.1, 0.15) is 11.6 Å². The van der Waals surface area contributed by atoms with Gasteiger partial charge in [0.05, 0.1) is 17.9 Å². The van der Waals surface area contributed by atoms with Gasteiger partial charge in [-0.2, -0.15) is 0 Å². The molecule has 2 amide bonds. The minimum Gasteiger partial charge on any atom is -0.326 e. The first-order valence-electron chi connectivity index (χ1n) is 8.19. The highest BCUT2D eigenvalue weighted by atomic mass is 32.2. The minimum absolute atomic E-state index is 0.00598. The van der Waals surface area contributed by atoms with E-state index in [9.17, 15) is 14.0 Å². The first-order valence-corrected chi connectivity index (χ1v) is 10.1. The van der Waals surface area contributed by atoms with Crippen molar-refractivity contribution in [3.8, 4) is 0 Å². The number of benzene rings is 1. The Morgan fingerprint density at radius 2 is 1.93 bits per heavy atom. The lowest BCUT2D eigenvalue weighted by molar-refractivity contribution is -0.116. The molecule has 0 aliphatic carbocycles. The van der Waals surface area contributed by atoms with Crippen molar-refractivity contribution in [2.45, 2.75) is 18.5 Å². The highest BCUT2D eigenvalue weighted by molar-refractivity contribution is 7.99. The van der Waals surface area contributed by atoms with Gasteiger partial charge in [-0.05, 0) is 31.2 Å². The van der Waals surface area contributed by atoms with E-state index in [1.165, 1.54) is 47.4 Å². The van der Waals surface area contributed by atoms with Crippen molar-refractivity contribution in [2.75, 3.05) is 16.4 Å². The number of hydrogen-bond donors (Lipinski definition) is 2. The summed E-state index contributed by atoms with van der Waals surface area (Å²) < 4.78 is 14.6. The van der Waals surface area contributed by atoms with Crippen LogP contribution in [0.5, 0.6) is 0 Å². The zero-order valence-electron chi connectivity index (χ0n) is 15.1. The highest BCUT2D eigenvalue weighted by Crippen LogP contribution is 2.18. The molecule has 0 atom stereocenters. The average Bonchev–Trinajstić information content (AvgIpc) is 3.21. The number of thiazole rings is 1. The van der Waals surface area contributed by atoms with Gasteiger partial charge in [0.25, 0.3) is 0 Å². The number of thioether (sulfide) groups is 1. The SMILES string of the molecule is Cc1csc(NC(=O)CSc2nnc(CC(=O)Nc3ccc(F)cc3)n2C)n1. The standard InChI is InChI=1S/C17H17FN6O2S2/c1-10-8-27-16(19-10)21-15(26)9-28-17-23-22-13(24(17)2)7-14(25)20-12-5-3-11(18)4-6-12/h3-6,8H,7,9H2,1-2H3,(H,20,25)(H,19,21,26). The molecule has 0 fully saturated rings. The van der Waals surface area contributed by atoms with Crippen LogP contribution < -0.4 is 10.6 Å². The first kappa shape index (κ1) is 20.0. The molecular weight excluding hydrogens is 403 g/mol. The Morgan fingerprint density at radius 1 is 1.18 bits per heavy atom. The summed E-state index contributed by atoms with van der Waals surface area (Å²) in [6.45, 7) is 1.86. The summed E-state index contributed by atoms with van der Waals surface area (Å²) in [5.74, 6) is -0.264. The molecule has 146 valence electrons. The second kappa shape index (κ2) is 8.93. The van der Waals surface area contributed by atoms with Gasteiger partial charge in [-0.15, -0.1) is 21.5 Å². The molecule has 2 heterocycles. The minimum atomic E-state index is -0.373. The number of halogens is 1. The highest BCUT2D eigenvalue weighted by Gasteiger charge is 2.15. The average molecular weight is 420 g/mol. The Labute approximate surface area is 168 Å². The van der Waals surface area contributed by atoms with Crippen molar-refractivity contribution in [1.29, 1.82) is 0 Å². The van der Waals surface area contributed by atoms with Crippen molar-refractivity contribution in [3.05, 3.63) is 47.0 Å². The lowest BCUT2D eigenvalue weighted by Crippen LogP contribution is -2.17. The van der Waals surface area contributed by atoms with Crippen molar-refractivity contribution in [1.82, 2.24) is 19.7 Å². The summed E-state index contributed by atoms with van der Waals surface area (Å²) in [5, 5.41) is 16.4. The van der Waals surface area contributed by atoms with E-state index in [2.05, 4.69) is 25.8 Å². The number of carbonyl (C=O) groups excluding carboxylic acids is 2. The molecule has 0 bridgehead atoms. The third-order valence-electron chi connectivity index (χ3n) is 3.57. The molecule has 0 radical (unpaired) electrons. The third kappa shape index (κ3) is 5.36. The molecule has 0 unspecified atom stereocenters. The van der Waals surface area contributed by atoms with Crippen LogP contribution >= 0.6 is 23.1 Å². The molecule has 0 saturated heterocycles. The van der Waals surface area contributed by atoms with E-state index in [-0.39, 0.29) is 29.8 Å². The largest absolute Gasteiger partial charge is 0.326 e. The van der Waals surface area contributed by atoms with Crippen molar-refractivity contribution < 1.29 is 14.0 Å². The smallest absolute Gasteiger partial charge is 0.236 e. The van der Waals surface area contributed by atoms with Crippen LogP contribution in [0.15, 0.2) is 34.8 Å². The van der Waals surface area contributed by atoms with Crippen LogP contribution in [0.1, 0.15) is 11.5 Å². The summed E-state index contributed by atoms with van der Waals surface area (Å²) >= 11 is 2.58. The zero-order chi connectivity index (χ0) is 20.1. The van der Waals surface area contributed by atoms with E-state index in [4.69, 9.17) is 0 Å². The lowest BCUT2D eigenvalue weighted by Gasteiger charge is -2.06. The van der Waals surface area contributed by atoms with Crippen molar-refractivity contribution in [3.63, 3.8) is 0 Å². The quantitative estimate of drug-likeness (QED) is 0.570. The number of carbonyl (C=O) groups is 2. The number of nitrogens with one attached hydrogen (secondary N) is 2. The maximum Gasteiger partial charge on any atom is 0.236 e. The summed E-state index contributed by atoms with van der Waals surface area (Å²) in [4.78, 5) is 28.3. The van der Waals surface area contributed by atoms with Gasteiger partial charge in [0.15, 0.2) is 10.3 Å². The van der Waals surface area contributed by atoms with Crippen LogP contribution in [-0.4, -0.2) is 37.3 Å². The summed E-state index contributed by atoms with van der Waals surface area (Å²) in [7, 11) is 1.73. The van der Waals surface area contributed by atoms with Crippen LogP contribution in [-0.2, 0) is 23.1 Å². The van der Waals surface area contributed by atoms with E-state index >= 15 is 0 Å². The van der Waals surface area contributed by atoms with Crippen LogP contribution in [0, 0.1) is 12.7 Å². The fourth-order valence-corrected chi connectivity index (χ4v) is 3.64. The molecule has 0 spiro atoms. The van der Waals surface area contributed by atoms with E-state index in [0.717, 1.165) is 5.69 Å². The molecule has 3 aromatic rings. The fraction of sp³-hybridized carbons (Fsp3) is 0.235. The Hall–Kier alpha value is -2.79. The van der Waals surface area contributed by atoms with Gasteiger partial charge in [0.2, 0.25) is 11.8 Å². The summed E-state index contributed by atoms with van der Waals surface area (Å²) in [6, 6.07) is 5.50. The number of rotatable bonds is 7. The predicted octanol–water partition coefficient (Wildman–Crippen LogP) is 2.63. The summed E-state index contributed by atoms with van der Waals surface area (Å²) in [5.41, 5.74) is 1.35. The molecule has 2 N–H and O–H groups in total. The molecule has 1 aromatic carbocycles. The van der Waals surface area contributed by atoms with Gasteiger partial charge < -0.3 is 15.2 Å². The van der Waals surface area contributed by atoms with Crippen molar-refractivity contribution in [2.24, 2.45) is 7.05 Å².